The molecule has 2 rings (SSSR count). The van der Waals surface area contributed by atoms with Crippen LogP contribution >= 0.6 is 0 Å². The third-order valence-corrected chi connectivity index (χ3v) is 3.06. The molecule has 2 N–H and O–H groups in total. The molecule has 0 aromatic carbocycles. The van der Waals surface area contributed by atoms with Crippen LogP contribution in [0, 0.1) is 11.8 Å². The van der Waals surface area contributed by atoms with Crippen LogP contribution < -0.4 is 10.6 Å². The van der Waals surface area contributed by atoms with Crippen LogP contribution in [0.5, 0.6) is 0 Å². The summed E-state index contributed by atoms with van der Waals surface area (Å²) in [6, 6.07) is 1.12. The largest absolute Gasteiger partial charge is 0.353 e. The third-order valence-electron chi connectivity index (χ3n) is 3.06. The summed E-state index contributed by atoms with van der Waals surface area (Å²) in [5.74, 6) is 2.60. The predicted octanol–water partition coefficient (Wildman–Crippen LogP) is 1.36. The van der Waals surface area contributed by atoms with Crippen molar-refractivity contribution in [3.63, 3.8) is 0 Å². The molecule has 3 nitrogen and oxygen atoms in total. The standard InChI is InChI=1S/C11H21N3/c1-7(2)10(9-4-5-9)14-11-12-6-8(3)13-11/h7-10H,4-6H2,1-3H3,(H2,12,13,14). The Morgan fingerprint density at radius 2 is 2.14 bits per heavy atom. The van der Waals surface area contributed by atoms with Crippen molar-refractivity contribution in [1.82, 2.24) is 10.6 Å². The molecule has 0 amide bonds. The normalized spacial score (nSPS) is 28.6. The Kier molecular flexibility index (Phi) is 2.66. The van der Waals surface area contributed by atoms with Crippen molar-refractivity contribution in [2.24, 2.45) is 16.8 Å². The van der Waals surface area contributed by atoms with Crippen LogP contribution in [0.15, 0.2) is 4.99 Å². The second-order valence-electron chi connectivity index (χ2n) is 4.99. The SMILES string of the molecule is CC1CN=C(NC(C(C)C)C2CC2)N1. The molecule has 2 atom stereocenters. The molecule has 80 valence electrons. The summed E-state index contributed by atoms with van der Waals surface area (Å²) in [5.41, 5.74) is 0. The first-order valence-corrected chi connectivity index (χ1v) is 5.74. The van der Waals surface area contributed by atoms with Crippen molar-refractivity contribution >= 4 is 5.96 Å². The third kappa shape index (κ3) is 2.20. The number of hydrogen-bond donors (Lipinski definition) is 2. The van der Waals surface area contributed by atoms with Crippen LogP contribution in [-0.2, 0) is 0 Å². The fourth-order valence-corrected chi connectivity index (χ4v) is 2.08. The van der Waals surface area contributed by atoms with E-state index >= 15 is 0 Å². The van der Waals surface area contributed by atoms with Crippen LogP contribution in [0.2, 0.25) is 0 Å². The van der Waals surface area contributed by atoms with Crippen molar-refractivity contribution in [2.75, 3.05) is 6.54 Å². The van der Waals surface area contributed by atoms with Crippen LogP contribution in [0.25, 0.3) is 0 Å². The molecule has 1 fully saturated rings. The van der Waals surface area contributed by atoms with E-state index in [2.05, 4.69) is 36.4 Å². The van der Waals surface area contributed by atoms with Crippen LogP contribution in [-0.4, -0.2) is 24.6 Å². The Morgan fingerprint density at radius 3 is 2.57 bits per heavy atom. The minimum absolute atomic E-state index is 0.504. The molecule has 1 heterocycles. The number of nitrogens with one attached hydrogen (secondary N) is 2. The highest BCUT2D eigenvalue weighted by Crippen LogP contribution is 2.35. The number of guanidine groups is 1. The number of nitrogens with zero attached hydrogens (tertiary/aromatic N) is 1. The molecule has 1 aliphatic heterocycles. The zero-order valence-electron chi connectivity index (χ0n) is 9.38. The van der Waals surface area contributed by atoms with E-state index in [-0.39, 0.29) is 0 Å². The molecule has 0 aromatic heterocycles. The van der Waals surface area contributed by atoms with E-state index in [0.717, 1.165) is 18.4 Å². The van der Waals surface area contributed by atoms with Gasteiger partial charge in [0.2, 0.25) is 0 Å². The molecular weight excluding hydrogens is 174 g/mol. The molecule has 1 aliphatic carbocycles. The lowest BCUT2D eigenvalue weighted by molar-refractivity contribution is 0.406. The zero-order valence-corrected chi connectivity index (χ0v) is 9.38. The highest BCUT2D eigenvalue weighted by atomic mass is 15.2. The summed E-state index contributed by atoms with van der Waals surface area (Å²) in [5, 5.41) is 6.91. The monoisotopic (exact) mass is 195 g/mol. The van der Waals surface area contributed by atoms with Gasteiger partial charge in [0.1, 0.15) is 0 Å². The van der Waals surface area contributed by atoms with Crippen LogP contribution in [0.4, 0.5) is 0 Å². The van der Waals surface area contributed by atoms with E-state index in [0.29, 0.717) is 18.0 Å². The quantitative estimate of drug-likeness (QED) is 0.713. The topological polar surface area (TPSA) is 36.4 Å². The predicted molar refractivity (Wildman–Crippen MR) is 59.4 cm³/mol. The average Bonchev–Trinajstić information content (AvgIpc) is 2.86. The second kappa shape index (κ2) is 3.79. The minimum Gasteiger partial charge on any atom is -0.353 e. The molecule has 1 saturated carbocycles. The summed E-state index contributed by atoms with van der Waals surface area (Å²) in [7, 11) is 0. The fourth-order valence-electron chi connectivity index (χ4n) is 2.08. The number of hydrogen-bond acceptors (Lipinski definition) is 3. The Labute approximate surface area is 86.4 Å². The van der Waals surface area contributed by atoms with Gasteiger partial charge in [-0.1, -0.05) is 13.8 Å². The maximum Gasteiger partial charge on any atom is 0.191 e. The lowest BCUT2D eigenvalue weighted by Crippen LogP contribution is -2.46. The summed E-state index contributed by atoms with van der Waals surface area (Å²) in [6.45, 7) is 7.65. The Hall–Kier alpha value is -0.730. The van der Waals surface area contributed by atoms with Gasteiger partial charge in [0, 0.05) is 12.1 Å². The maximum absolute atomic E-state index is 4.44. The highest BCUT2D eigenvalue weighted by Gasteiger charge is 2.34. The van der Waals surface area contributed by atoms with Crippen molar-refractivity contribution in [3.8, 4) is 0 Å². The molecule has 0 saturated heterocycles. The number of rotatable bonds is 3. The van der Waals surface area contributed by atoms with Gasteiger partial charge in [-0.05, 0) is 31.6 Å². The maximum atomic E-state index is 4.44. The van der Waals surface area contributed by atoms with Crippen molar-refractivity contribution in [3.05, 3.63) is 0 Å². The van der Waals surface area contributed by atoms with Gasteiger partial charge < -0.3 is 10.6 Å². The van der Waals surface area contributed by atoms with Gasteiger partial charge >= 0.3 is 0 Å². The fraction of sp³-hybridized carbons (Fsp3) is 0.909. The van der Waals surface area contributed by atoms with Crippen LogP contribution in [0.3, 0.4) is 0 Å². The Morgan fingerprint density at radius 1 is 1.43 bits per heavy atom. The first-order valence-electron chi connectivity index (χ1n) is 5.74. The molecule has 0 radical (unpaired) electrons. The van der Waals surface area contributed by atoms with E-state index < -0.39 is 0 Å². The van der Waals surface area contributed by atoms with Gasteiger partial charge in [0.05, 0.1) is 6.54 Å². The molecular formula is C11H21N3. The van der Waals surface area contributed by atoms with Gasteiger partial charge in [-0.15, -0.1) is 0 Å². The molecule has 2 unspecified atom stereocenters. The molecule has 0 bridgehead atoms. The van der Waals surface area contributed by atoms with Crippen molar-refractivity contribution in [1.29, 1.82) is 0 Å². The van der Waals surface area contributed by atoms with E-state index in [1.54, 1.807) is 0 Å². The summed E-state index contributed by atoms with van der Waals surface area (Å²) in [4.78, 5) is 4.44. The van der Waals surface area contributed by atoms with Gasteiger partial charge in [-0.25, -0.2) is 0 Å². The van der Waals surface area contributed by atoms with Gasteiger partial charge in [0.15, 0.2) is 5.96 Å². The highest BCUT2D eigenvalue weighted by molar-refractivity contribution is 5.82. The average molecular weight is 195 g/mol. The van der Waals surface area contributed by atoms with Crippen molar-refractivity contribution < 1.29 is 0 Å². The molecule has 14 heavy (non-hydrogen) atoms. The van der Waals surface area contributed by atoms with E-state index in [1.807, 2.05) is 0 Å². The van der Waals surface area contributed by atoms with Crippen LogP contribution in [0.1, 0.15) is 33.6 Å². The van der Waals surface area contributed by atoms with E-state index in [4.69, 9.17) is 0 Å². The molecule has 0 spiro atoms. The first kappa shape index (κ1) is 9.81. The Bertz CT molecular complexity index is 229. The Balaban J connectivity index is 1.87. The zero-order chi connectivity index (χ0) is 10.1. The first-order chi connectivity index (χ1) is 6.66. The summed E-state index contributed by atoms with van der Waals surface area (Å²) in [6.07, 6.45) is 2.78. The van der Waals surface area contributed by atoms with E-state index in [9.17, 15) is 0 Å². The smallest absolute Gasteiger partial charge is 0.191 e. The molecule has 0 aromatic rings. The van der Waals surface area contributed by atoms with Gasteiger partial charge in [-0.3, -0.25) is 4.99 Å². The lowest BCUT2D eigenvalue weighted by atomic mass is 10.00. The van der Waals surface area contributed by atoms with Gasteiger partial charge in [-0.2, -0.15) is 0 Å². The summed E-state index contributed by atoms with van der Waals surface area (Å²) >= 11 is 0. The number of aliphatic imine (C=N–C) groups is 1. The minimum atomic E-state index is 0.504. The van der Waals surface area contributed by atoms with Crippen molar-refractivity contribution in [2.45, 2.75) is 45.7 Å². The second-order valence-corrected chi connectivity index (χ2v) is 4.99. The molecule has 2 aliphatic rings. The lowest BCUT2D eigenvalue weighted by Gasteiger charge is -2.23. The summed E-state index contributed by atoms with van der Waals surface area (Å²) < 4.78 is 0. The molecule has 3 heteroatoms. The van der Waals surface area contributed by atoms with E-state index in [1.165, 1.54) is 12.8 Å². The van der Waals surface area contributed by atoms with Gasteiger partial charge in [0.25, 0.3) is 0 Å².